The van der Waals surface area contributed by atoms with Crippen molar-refractivity contribution in [2.24, 2.45) is 0 Å². The minimum atomic E-state index is -0.00807. The number of benzene rings is 1. The first-order valence-corrected chi connectivity index (χ1v) is 8.52. The van der Waals surface area contributed by atoms with Crippen LogP contribution in [0.2, 0.25) is 0 Å². The summed E-state index contributed by atoms with van der Waals surface area (Å²) in [5.41, 5.74) is 2.29. The summed E-state index contributed by atoms with van der Waals surface area (Å²) in [6.07, 6.45) is 0.399. The molecule has 0 spiro atoms. The van der Waals surface area contributed by atoms with Crippen molar-refractivity contribution in [3.8, 4) is 0 Å². The van der Waals surface area contributed by atoms with Crippen molar-refractivity contribution in [3.05, 3.63) is 57.8 Å². The Morgan fingerprint density at radius 3 is 2.52 bits per heavy atom. The lowest BCUT2D eigenvalue weighted by atomic mass is 10.1. The molecular formula is C18H22N2O2S. The van der Waals surface area contributed by atoms with E-state index in [2.05, 4.69) is 5.32 Å². The molecule has 0 aliphatic rings. The number of aryl methyl sites for hydroxylation is 1. The first kappa shape index (κ1) is 17.2. The largest absolute Gasteiger partial charge is 0.354 e. The van der Waals surface area contributed by atoms with E-state index >= 15 is 0 Å². The molecule has 2 rings (SSSR count). The lowest BCUT2D eigenvalue weighted by Crippen LogP contribution is -2.37. The highest BCUT2D eigenvalue weighted by Gasteiger charge is 2.10. The zero-order chi connectivity index (χ0) is 16.7. The summed E-state index contributed by atoms with van der Waals surface area (Å²) in [6.45, 7) is 5.14. The van der Waals surface area contributed by atoms with Crippen LogP contribution in [0.25, 0.3) is 0 Å². The summed E-state index contributed by atoms with van der Waals surface area (Å²) < 4.78 is 0. The Labute approximate surface area is 141 Å². The van der Waals surface area contributed by atoms with Gasteiger partial charge in [-0.15, -0.1) is 11.3 Å². The zero-order valence-electron chi connectivity index (χ0n) is 13.5. The minimum absolute atomic E-state index is 0.00807. The van der Waals surface area contributed by atoms with Crippen LogP contribution in [0.5, 0.6) is 0 Å². The first-order chi connectivity index (χ1) is 11.0. The fourth-order valence-electron chi connectivity index (χ4n) is 2.23. The second-order valence-electron chi connectivity index (χ2n) is 5.53. The molecule has 0 radical (unpaired) electrons. The van der Waals surface area contributed by atoms with E-state index in [0.717, 1.165) is 10.4 Å². The maximum absolute atomic E-state index is 11.8. The Bertz CT molecular complexity index is 636. The van der Waals surface area contributed by atoms with Crippen molar-refractivity contribution >= 4 is 23.2 Å². The Kier molecular flexibility index (Phi) is 6.35. The molecule has 122 valence electrons. The smallest absolute Gasteiger partial charge is 0.225 e. The Morgan fingerprint density at radius 1 is 1.17 bits per heavy atom. The SMILES string of the molecule is CC(=O)N(CCNC(=O)Cc1cccs1)Cc1ccc(C)cc1. The van der Waals surface area contributed by atoms with E-state index in [4.69, 9.17) is 0 Å². The van der Waals surface area contributed by atoms with Gasteiger partial charge in [0.15, 0.2) is 0 Å². The minimum Gasteiger partial charge on any atom is -0.354 e. The summed E-state index contributed by atoms with van der Waals surface area (Å²) in [6, 6.07) is 12.0. The van der Waals surface area contributed by atoms with E-state index < -0.39 is 0 Å². The second kappa shape index (κ2) is 8.48. The molecule has 1 N–H and O–H groups in total. The molecule has 0 saturated carbocycles. The van der Waals surface area contributed by atoms with Crippen molar-refractivity contribution in [3.63, 3.8) is 0 Å². The highest BCUT2D eigenvalue weighted by Crippen LogP contribution is 2.09. The maximum Gasteiger partial charge on any atom is 0.225 e. The van der Waals surface area contributed by atoms with Gasteiger partial charge in [0.1, 0.15) is 0 Å². The number of amides is 2. The van der Waals surface area contributed by atoms with Gasteiger partial charge in [-0.25, -0.2) is 0 Å². The number of nitrogens with zero attached hydrogens (tertiary/aromatic N) is 1. The molecular weight excluding hydrogens is 308 g/mol. The standard InChI is InChI=1S/C18H22N2O2S/c1-14-5-7-16(8-6-14)13-20(15(2)21)10-9-19-18(22)12-17-4-3-11-23-17/h3-8,11H,9-10,12-13H2,1-2H3,(H,19,22). The Hall–Kier alpha value is -2.14. The van der Waals surface area contributed by atoms with Crippen molar-refractivity contribution < 1.29 is 9.59 Å². The molecule has 1 heterocycles. The van der Waals surface area contributed by atoms with Crippen LogP contribution < -0.4 is 5.32 Å². The van der Waals surface area contributed by atoms with Crippen LogP contribution in [0.3, 0.4) is 0 Å². The van der Waals surface area contributed by atoms with E-state index in [1.165, 1.54) is 5.56 Å². The topological polar surface area (TPSA) is 49.4 Å². The van der Waals surface area contributed by atoms with Gasteiger partial charge in [-0.05, 0) is 23.9 Å². The lowest BCUT2D eigenvalue weighted by molar-refractivity contribution is -0.130. The molecule has 23 heavy (non-hydrogen) atoms. The number of thiophene rings is 1. The van der Waals surface area contributed by atoms with Crippen LogP contribution in [-0.4, -0.2) is 29.8 Å². The molecule has 2 amide bonds. The molecule has 1 aromatic heterocycles. The molecule has 0 unspecified atom stereocenters. The molecule has 0 aliphatic heterocycles. The van der Waals surface area contributed by atoms with Crippen molar-refractivity contribution in [1.82, 2.24) is 10.2 Å². The highest BCUT2D eigenvalue weighted by atomic mass is 32.1. The number of nitrogens with one attached hydrogen (secondary N) is 1. The van der Waals surface area contributed by atoms with E-state index in [1.54, 1.807) is 23.2 Å². The third kappa shape index (κ3) is 5.87. The molecule has 0 bridgehead atoms. The third-order valence-corrected chi connectivity index (χ3v) is 4.43. The Morgan fingerprint density at radius 2 is 1.91 bits per heavy atom. The third-order valence-electron chi connectivity index (χ3n) is 3.56. The summed E-state index contributed by atoms with van der Waals surface area (Å²) in [7, 11) is 0. The van der Waals surface area contributed by atoms with Crippen LogP contribution in [0.15, 0.2) is 41.8 Å². The molecule has 0 saturated heterocycles. The summed E-state index contributed by atoms with van der Waals surface area (Å²) in [4.78, 5) is 26.4. The molecule has 4 nitrogen and oxygen atoms in total. The number of hydrogen-bond acceptors (Lipinski definition) is 3. The summed E-state index contributed by atoms with van der Waals surface area (Å²) in [5, 5.41) is 4.84. The second-order valence-corrected chi connectivity index (χ2v) is 6.56. The van der Waals surface area contributed by atoms with Crippen LogP contribution in [0.4, 0.5) is 0 Å². The van der Waals surface area contributed by atoms with Gasteiger partial charge < -0.3 is 10.2 Å². The Balaban J connectivity index is 1.79. The fraction of sp³-hybridized carbons (Fsp3) is 0.333. The molecule has 1 aromatic carbocycles. The predicted octanol–water partition coefficient (Wildman–Crippen LogP) is 2.76. The number of carbonyl (C=O) groups excluding carboxylic acids is 2. The number of rotatable bonds is 7. The van der Waals surface area contributed by atoms with Gasteiger partial charge in [0, 0.05) is 31.4 Å². The molecule has 0 atom stereocenters. The zero-order valence-corrected chi connectivity index (χ0v) is 14.4. The van der Waals surface area contributed by atoms with Crippen LogP contribution in [0, 0.1) is 6.92 Å². The fourth-order valence-corrected chi connectivity index (χ4v) is 2.93. The average molecular weight is 330 g/mol. The van der Waals surface area contributed by atoms with Gasteiger partial charge in [0.05, 0.1) is 6.42 Å². The van der Waals surface area contributed by atoms with Gasteiger partial charge in [-0.3, -0.25) is 9.59 Å². The van der Waals surface area contributed by atoms with Gasteiger partial charge in [-0.1, -0.05) is 35.9 Å². The van der Waals surface area contributed by atoms with Crippen molar-refractivity contribution in [1.29, 1.82) is 0 Å². The first-order valence-electron chi connectivity index (χ1n) is 7.65. The quantitative estimate of drug-likeness (QED) is 0.849. The molecule has 0 aliphatic carbocycles. The highest BCUT2D eigenvalue weighted by molar-refractivity contribution is 7.10. The average Bonchev–Trinajstić information content (AvgIpc) is 3.01. The van der Waals surface area contributed by atoms with E-state index in [0.29, 0.717) is 26.1 Å². The van der Waals surface area contributed by atoms with Gasteiger partial charge in [-0.2, -0.15) is 0 Å². The maximum atomic E-state index is 11.8. The van der Waals surface area contributed by atoms with Crippen molar-refractivity contribution in [2.45, 2.75) is 26.8 Å². The van der Waals surface area contributed by atoms with E-state index in [9.17, 15) is 9.59 Å². The van der Waals surface area contributed by atoms with Crippen LogP contribution in [-0.2, 0) is 22.6 Å². The molecule has 5 heteroatoms. The van der Waals surface area contributed by atoms with E-state index in [-0.39, 0.29) is 11.8 Å². The van der Waals surface area contributed by atoms with Gasteiger partial charge in [0.2, 0.25) is 11.8 Å². The number of hydrogen-bond donors (Lipinski definition) is 1. The van der Waals surface area contributed by atoms with Crippen LogP contribution >= 0.6 is 11.3 Å². The summed E-state index contributed by atoms with van der Waals surface area (Å²) in [5.74, 6) is 0.00405. The predicted molar refractivity (Wildman–Crippen MR) is 93.3 cm³/mol. The van der Waals surface area contributed by atoms with Crippen molar-refractivity contribution in [2.75, 3.05) is 13.1 Å². The molecule has 0 fully saturated rings. The number of carbonyl (C=O) groups is 2. The van der Waals surface area contributed by atoms with Gasteiger partial charge in [0.25, 0.3) is 0 Å². The van der Waals surface area contributed by atoms with E-state index in [1.807, 2.05) is 48.7 Å². The monoisotopic (exact) mass is 330 g/mol. The van der Waals surface area contributed by atoms with Crippen LogP contribution in [0.1, 0.15) is 22.9 Å². The van der Waals surface area contributed by atoms with Gasteiger partial charge >= 0.3 is 0 Å². The summed E-state index contributed by atoms with van der Waals surface area (Å²) >= 11 is 1.57. The molecule has 2 aromatic rings. The lowest BCUT2D eigenvalue weighted by Gasteiger charge is -2.21. The normalized spacial score (nSPS) is 10.3.